The standard InChI is InChI=1S/C22H35N7/c1-23-22(25-12-7-15-29-16-8-13-26-29)24-11-6-14-28-18-17-27(2)19-21(28)20-9-4-3-5-10-20/h3-5,8-10,13,16,21H,6-7,11-12,14-15,17-19H2,1-2H3,(H2,23,24,25). The van der Waals surface area contributed by atoms with E-state index in [1.54, 1.807) is 0 Å². The summed E-state index contributed by atoms with van der Waals surface area (Å²) < 4.78 is 1.96. The van der Waals surface area contributed by atoms with Crippen molar-refractivity contribution in [2.24, 2.45) is 4.99 Å². The van der Waals surface area contributed by atoms with E-state index in [-0.39, 0.29) is 0 Å². The molecule has 3 rings (SSSR count). The van der Waals surface area contributed by atoms with Gasteiger partial charge in [0.25, 0.3) is 0 Å². The van der Waals surface area contributed by atoms with E-state index in [1.807, 2.05) is 30.2 Å². The molecule has 2 heterocycles. The average molecular weight is 398 g/mol. The van der Waals surface area contributed by atoms with Crippen LogP contribution in [0.4, 0.5) is 0 Å². The Morgan fingerprint density at radius 3 is 2.52 bits per heavy atom. The van der Waals surface area contributed by atoms with Gasteiger partial charge in [-0.15, -0.1) is 0 Å². The van der Waals surface area contributed by atoms with Crippen LogP contribution in [0.2, 0.25) is 0 Å². The highest BCUT2D eigenvalue weighted by Crippen LogP contribution is 2.24. The molecule has 0 aliphatic carbocycles. The molecule has 1 atom stereocenters. The number of hydrogen-bond donors (Lipinski definition) is 2. The van der Waals surface area contributed by atoms with Gasteiger partial charge < -0.3 is 15.5 Å². The number of aryl methyl sites for hydroxylation is 1. The van der Waals surface area contributed by atoms with Crippen LogP contribution in [0.1, 0.15) is 24.4 Å². The van der Waals surface area contributed by atoms with E-state index < -0.39 is 0 Å². The lowest BCUT2D eigenvalue weighted by Crippen LogP contribution is -2.47. The first-order valence-corrected chi connectivity index (χ1v) is 10.7. The van der Waals surface area contributed by atoms with Crippen molar-refractivity contribution in [2.45, 2.75) is 25.4 Å². The van der Waals surface area contributed by atoms with Crippen molar-refractivity contribution in [1.29, 1.82) is 0 Å². The van der Waals surface area contributed by atoms with Gasteiger partial charge in [-0.2, -0.15) is 5.10 Å². The normalized spacial score (nSPS) is 18.7. The summed E-state index contributed by atoms with van der Waals surface area (Å²) >= 11 is 0. The first-order valence-electron chi connectivity index (χ1n) is 10.7. The predicted molar refractivity (Wildman–Crippen MR) is 119 cm³/mol. The van der Waals surface area contributed by atoms with Crippen LogP contribution in [-0.4, -0.2) is 78.9 Å². The summed E-state index contributed by atoms with van der Waals surface area (Å²) in [5, 5.41) is 11.1. The second-order valence-corrected chi connectivity index (χ2v) is 7.63. The number of aromatic nitrogens is 2. The highest BCUT2D eigenvalue weighted by molar-refractivity contribution is 5.79. The molecular weight excluding hydrogens is 362 g/mol. The minimum atomic E-state index is 0.481. The van der Waals surface area contributed by atoms with Gasteiger partial charge in [-0.25, -0.2) is 0 Å². The average Bonchev–Trinajstić information content (AvgIpc) is 3.27. The number of hydrogen-bond acceptors (Lipinski definition) is 4. The zero-order valence-electron chi connectivity index (χ0n) is 17.8. The summed E-state index contributed by atoms with van der Waals surface area (Å²) in [6.07, 6.45) is 5.92. The van der Waals surface area contributed by atoms with Crippen LogP contribution in [0, 0.1) is 0 Å². The molecule has 1 unspecified atom stereocenters. The Kier molecular flexibility index (Phi) is 8.52. The van der Waals surface area contributed by atoms with Crippen molar-refractivity contribution >= 4 is 5.96 Å². The fourth-order valence-corrected chi connectivity index (χ4v) is 3.81. The summed E-state index contributed by atoms with van der Waals surface area (Å²) in [7, 11) is 4.05. The molecule has 2 N–H and O–H groups in total. The van der Waals surface area contributed by atoms with E-state index in [1.165, 1.54) is 5.56 Å². The van der Waals surface area contributed by atoms with E-state index in [4.69, 9.17) is 0 Å². The molecule has 1 aliphatic rings. The van der Waals surface area contributed by atoms with Gasteiger partial charge in [-0.05, 0) is 31.5 Å². The zero-order valence-corrected chi connectivity index (χ0v) is 17.8. The molecule has 0 amide bonds. The second-order valence-electron chi connectivity index (χ2n) is 7.63. The molecule has 1 saturated heterocycles. The topological polar surface area (TPSA) is 60.7 Å². The lowest BCUT2D eigenvalue weighted by molar-refractivity contribution is 0.0891. The number of nitrogens with one attached hydrogen (secondary N) is 2. The SMILES string of the molecule is CN=C(NCCCN1CCN(C)CC1c1ccccc1)NCCCn1cccn1. The van der Waals surface area contributed by atoms with Gasteiger partial charge in [0.1, 0.15) is 0 Å². The molecule has 158 valence electrons. The Morgan fingerprint density at radius 1 is 1.07 bits per heavy atom. The maximum atomic E-state index is 4.33. The molecule has 0 spiro atoms. The molecule has 0 saturated carbocycles. The van der Waals surface area contributed by atoms with Crippen LogP contribution < -0.4 is 10.6 Å². The summed E-state index contributed by atoms with van der Waals surface area (Å²) in [6, 6.07) is 13.3. The molecule has 1 aliphatic heterocycles. The first kappa shape index (κ1) is 21.3. The molecule has 1 aromatic carbocycles. The molecule has 0 bridgehead atoms. The fraction of sp³-hybridized carbons (Fsp3) is 0.545. The highest BCUT2D eigenvalue weighted by Gasteiger charge is 2.25. The third kappa shape index (κ3) is 6.87. The number of aliphatic imine (C=N–C) groups is 1. The Bertz CT molecular complexity index is 714. The van der Waals surface area contributed by atoms with Gasteiger partial charge in [-0.1, -0.05) is 30.3 Å². The van der Waals surface area contributed by atoms with Gasteiger partial charge in [0.2, 0.25) is 0 Å². The van der Waals surface area contributed by atoms with Crippen molar-refractivity contribution in [3.8, 4) is 0 Å². The number of guanidine groups is 1. The van der Waals surface area contributed by atoms with Crippen molar-refractivity contribution in [1.82, 2.24) is 30.2 Å². The smallest absolute Gasteiger partial charge is 0.190 e. The van der Waals surface area contributed by atoms with Crippen LogP contribution in [0.3, 0.4) is 0 Å². The Morgan fingerprint density at radius 2 is 1.83 bits per heavy atom. The van der Waals surface area contributed by atoms with Crippen LogP contribution in [-0.2, 0) is 6.54 Å². The van der Waals surface area contributed by atoms with Gasteiger partial charge in [0.05, 0.1) is 0 Å². The molecule has 0 radical (unpaired) electrons. The van der Waals surface area contributed by atoms with E-state index >= 15 is 0 Å². The summed E-state index contributed by atoms with van der Waals surface area (Å²) in [4.78, 5) is 9.39. The Hall–Kier alpha value is -2.38. The minimum Gasteiger partial charge on any atom is -0.356 e. The molecule has 1 aromatic heterocycles. The first-order chi connectivity index (χ1) is 14.3. The summed E-state index contributed by atoms with van der Waals surface area (Å²) in [5.41, 5.74) is 1.42. The van der Waals surface area contributed by atoms with Gasteiger partial charge in [0.15, 0.2) is 5.96 Å². The maximum absolute atomic E-state index is 4.33. The molecule has 7 heteroatoms. The number of rotatable bonds is 9. The highest BCUT2D eigenvalue weighted by atomic mass is 15.3. The lowest BCUT2D eigenvalue weighted by atomic mass is 10.0. The Balaban J connectivity index is 1.36. The molecule has 2 aromatic rings. The Labute approximate surface area is 174 Å². The fourth-order valence-electron chi connectivity index (χ4n) is 3.81. The quantitative estimate of drug-likeness (QED) is 0.384. The largest absolute Gasteiger partial charge is 0.356 e. The van der Waals surface area contributed by atoms with Crippen molar-refractivity contribution in [3.05, 3.63) is 54.4 Å². The summed E-state index contributed by atoms with van der Waals surface area (Å²) in [6.45, 7) is 7.17. The van der Waals surface area contributed by atoms with Crippen LogP contribution in [0.25, 0.3) is 0 Å². The van der Waals surface area contributed by atoms with E-state index in [0.29, 0.717) is 6.04 Å². The second kappa shape index (κ2) is 11.6. The number of piperazine rings is 1. The number of likely N-dealkylation sites (N-methyl/N-ethyl adjacent to an activating group) is 1. The monoisotopic (exact) mass is 397 g/mol. The van der Waals surface area contributed by atoms with E-state index in [2.05, 4.69) is 67.9 Å². The molecular formula is C22H35N7. The number of benzene rings is 1. The molecule has 7 nitrogen and oxygen atoms in total. The molecule has 29 heavy (non-hydrogen) atoms. The maximum Gasteiger partial charge on any atom is 0.190 e. The van der Waals surface area contributed by atoms with E-state index in [9.17, 15) is 0 Å². The van der Waals surface area contributed by atoms with E-state index in [0.717, 1.165) is 64.6 Å². The van der Waals surface area contributed by atoms with Crippen LogP contribution in [0.5, 0.6) is 0 Å². The lowest BCUT2D eigenvalue weighted by Gasteiger charge is -2.40. The zero-order chi connectivity index (χ0) is 20.3. The third-order valence-corrected chi connectivity index (χ3v) is 5.43. The van der Waals surface area contributed by atoms with Gasteiger partial charge in [-0.3, -0.25) is 14.6 Å². The van der Waals surface area contributed by atoms with Crippen LogP contribution in [0.15, 0.2) is 53.8 Å². The van der Waals surface area contributed by atoms with Gasteiger partial charge >= 0.3 is 0 Å². The molecule has 1 fully saturated rings. The number of nitrogens with zero attached hydrogens (tertiary/aromatic N) is 5. The minimum absolute atomic E-state index is 0.481. The third-order valence-electron chi connectivity index (χ3n) is 5.43. The van der Waals surface area contributed by atoms with Crippen molar-refractivity contribution in [2.75, 3.05) is 53.4 Å². The van der Waals surface area contributed by atoms with Crippen molar-refractivity contribution in [3.63, 3.8) is 0 Å². The van der Waals surface area contributed by atoms with Gasteiger partial charge in [0, 0.05) is 71.3 Å². The summed E-state index contributed by atoms with van der Waals surface area (Å²) in [5.74, 6) is 0.878. The van der Waals surface area contributed by atoms with Crippen molar-refractivity contribution < 1.29 is 0 Å². The predicted octanol–water partition coefficient (Wildman–Crippen LogP) is 1.82. The van der Waals surface area contributed by atoms with Crippen LogP contribution >= 0.6 is 0 Å².